The Morgan fingerprint density at radius 3 is 2.95 bits per heavy atom. The summed E-state index contributed by atoms with van der Waals surface area (Å²) in [5.74, 6) is 0.228. The highest BCUT2D eigenvalue weighted by Gasteiger charge is 2.20. The summed E-state index contributed by atoms with van der Waals surface area (Å²) < 4.78 is 0. The van der Waals surface area contributed by atoms with Gasteiger partial charge in [-0.1, -0.05) is 20.3 Å². The van der Waals surface area contributed by atoms with E-state index in [9.17, 15) is 4.79 Å². The number of hydrogen-bond acceptors (Lipinski definition) is 3. The molecule has 0 saturated carbocycles. The van der Waals surface area contributed by atoms with Crippen LogP contribution in [0.2, 0.25) is 0 Å². The van der Waals surface area contributed by atoms with Crippen LogP contribution < -0.4 is 5.32 Å². The van der Waals surface area contributed by atoms with Crippen LogP contribution in [-0.2, 0) is 12.8 Å². The number of thiophene rings is 1. The third-order valence-electron chi connectivity index (χ3n) is 3.59. The van der Waals surface area contributed by atoms with Crippen LogP contribution in [0.3, 0.4) is 0 Å². The van der Waals surface area contributed by atoms with Crippen molar-refractivity contribution in [1.29, 1.82) is 0 Å². The Bertz CT molecular complexity index is 420. The maximum absolute atomic E-state index is 12.5. The number of hydrogen-bond donors (Lipinski definition) is 1. The van der Waals surface area contributed by atoms with Crippen LogP contribution >= 0.6 is 11.3 Å². The van der Waals surface area contributed by atoms with E-state index in [1.54, 1.807) is 11.3 Å². The van der Waals surface area contributed by atoms with Crippen LogP contribution in [0.4, 0.5) is 0 Å². The molecule has 4 heteroatoms. The van der Waals surface area contributed by atoms with Crippen LogP contribution in [0.25, 0.3) is 0 Å². The Labute approximate surface area is 120 Å². The number of amides is 1. The van der Waals surface area contributed by atoms with E-state index >= 15 is 0 Å². The Morgan fingerprint density at radius 2 is 2.21 bits per heavy atom. The average molecular weight is 280 g/mol. The second kappa shape index (κ2) is 7.06. The maximum atomic E-state index is 12.5. The molecule has 1 aliphatic rings. The smallest absolute Gasteiger partial charge is 0.263 e. The zero-order valence-corrected chi connectivity index (χ0v) is 12.8. The molecule has 0 aliphatic carbocycles. The SMILES string of the molecule is CCCc1sc(C(=O)N2CCCNCC2)cc1CC. The minimum Gasteiger partial charge on any atom is -0.337 e. The van der Waals surface area contributed by atoms with Crippen LogP contribution in [0.1, 0.15) is 46.8 Å². The van der Waals surface area contributed by atoms with Crippen molar-refractivity contribution in [3.63, 3.8) is 0 Å². The van der Waals surface area contributed by atoms with Gasteiger partial charge in [-0.3, -0.25) is 4.79 Å². The van der Waals surface area contributed by atoms with Gasteiger partial charge in [-0.15, -0.1) is 11.3 Å². The van der Waals surface area contributed by atoms with Gasteiger partial charge < -0.3 is 10.2 Å². The molecule has 1 saturated heterocycles. The molecule has 1 aromatic rings. The highest BCUT2D eigenvalue weighted by Crippen LogP contribution is 2.26. The molecular formula is C15H24N2OS. The number of carbonyl (C=O) groups excluding carboxylic acids is 1. The minimum atomic E-state index is 0.228. The molecule has 0 bridgehead atoms. The number of nitrogens with zero attached hydrogens (tertiary/aromatic N) is 1. The molecule has 1 aliphatic heterocycles. The van der Waals surface area contributed by atoms with Crippen molar-refractivity contribution in [3.05, 3.63) is 21.4 Å². The van der Waals surface area contributed by atoms with Crippen molar-refractivity contribution >= 4 is 17.2 Å². The standard InChI is InChI=1S/C15H24N2OS/c1-3-6-13-12(4-2)11-14(19-13)15(18)17-9-5-7-16-8-10-17/h11,16H,3-10H2,1-2H3. The van der Waals surface area contributed by atoms with Gasteiger partial charge in [-0.25, -0.2) is 0 Å². The summed E-state index contributed by atoms with van der Waals surface area (Å²) in [5.41, 5.74) is 1.36. The first-order valence-electron chi connectivity index (χ1n) is 7.37. The second-order valence-corrected chi connectivity index (χ2v) is 6.20. The fourth-order valence-corrected chi connectivity index (χ4v) is 3.84. The van der Waals surface area contributed by atoms with E-state index in [-0.39, 0.29) is 5.91 Å². The molecule has 1 fully saturated rings. The summed E-state index contributed by atoms with van der Waals surface area (Å²) >= 11 is 1.71. The first-order chi connectivity index (χ1) is 9.26. The lowest BCUT2D eigenvalue weighted by molar-refractivity contribution is 0.0771. The van der Waals surface area contributed by atoms with E-state index in [1.165, 1.54) is 10.4 Å². The van der Waals surface area contributed by atoms with Crippen molar-refractivity contribution in [3.8, 4) is 0 Å². The first kappa shape index (κ1) is 14.5. The molecule has 1 amide bonds. The normalized spacial score (nSPS) is 16.4. The van der Waals surface area contributed by atoms with Crippen molar-refractivity contribution in [2.45, 2.75) is 39.5 Å². The van der Waals surface area contributed by atoms with Gasteiger partial charge >= 0.3 is 0 Å². The van der Waals surface area contributed by atoms with Crippen LogP contribution in [-0.4, -0.2) is 37.0 Å². The molecule has 19 heavy (non-hydrogen) atoms. The van der Waals surface area contributed by atoms with Gasteiger partial charge in [0.15, 0.2) is 0 Å². The number of rotatable bonds is 4. The van der Waals surface area contributed by atoms with E-state index in [0.29, 0.717) is 0 Å². The van der Waals surface area contributed by atoms with Crippen LogP contribution in [0.15, 0.2) is 6.07 Å². The van der Waals surface area contributed by atoms with Crippen LogP contribution in [0.5, 0.6) is 0 Å². The van der Waals surface area contributed by atoms with Gasteiger partial charge in [0.1, 0.15) is 0 Å². The summed E-state index contributed by atoms with van der Waals surface area (Å²) in [7, 11) is 0. The highest BCUT2D eigenvalue weighted by atomic mass is 32.1. The summed E-state index contributed by atoms with van der Waals surface area (Å²) in [6.45, 7) is 8.02. The zero-order chi connectivity index (χ0) is 13.7. The topological polar surface area (TPSA) is 32.3 Å². The Hall–Kier alpha value is -0.870. The summed E-state index contributed by atoms with van der Waals surface area (Å²) in [5, 5.41) is 3.34. The fourth-order valence-electron chi connectivity index (χ4n) is 2.51. The zero-order valence-electron chi connectivity index (χ0n) is 12.0. The summed E-state index contributed by atoms with van der Waals surface area (Å²) in [4.78, 5) is 16.9. The average Bonchev–Trinajstić information content (AvgIpc) is 2.64. The van der Waals surface area contributed by atoms with Gasteiger partial charge in [0.2, 0.25) is 0 Å². The molecule has 0 atom stereocenters. The van der Waals surface area contributed by atoms with E-state index in [4.69, 9.17) is 0 Å². The Morgan fingerprint density at radius 1 is 1.37 bits per heavy atom. The fraction of sp³-hybridized carbons (Fsp3) is 0.667. The first-order valence-corrected chi connectivity index (χ1v) is 8.19. The molecule has 0 radical (unpaired) electrons. The predicted molar refractivity (Wildman–Crippen MR) is 81.1 cm³/mol. The number of nitrogens with one attached hydrogen (secondary N) is 1. The van der Waals surface area contributed by atoms with E-state index < -0.39 is 0 Å². The lowest BCUT2D eigenvalue weighted by Crippen LogP contribution is -2.33. The van der Waals surface area contributed by atoms with Gasteiger partial charge in [-0.05, 0) is 37.4 Å². The monoisotopic (exact) mass is 280 g/mol. The molecule has 0 spiro atoms. The quantitative estimate of drug-likeness (QED) is 0.919. The lowest BCUT2D eigenvalue weighted by atomic mass is 10.1. The third-order valence-corrected chi connectivity index (χ3v) is 4.82. The molecule has 106 valence electrons. The minimum absolute atomic E-state index is 0.228. The number of carbonyl (C=O) groups is 1. The van der Waals surface area contributed by atoms with Crippen LogP contribution in [0, 0.1) is 0 Å². The maximum Gasteiger partial charge on any atom is 0.263 e. The highest BCUT2D eigenvalue weighted by molar-refractivity contribution is 7.14. The van der Waals surface area contributed by atoms with Crippen molar-refractivity contribution in [2.24, 2.45) is 0 Å². The molecule has 2 heterocycles. The van der Waals surface area contributed by atoms with Gasteiger partial charge in [0, 0.05) is 24.5 Å². The van der Waals surface area contributed by atoms with Gasteiger partial charge in [0.05, 0.1) is 4.88 Å². The van der Waals surface area contributed by atoms with Gasteiger partial charge in [-0.2, -0.15) is 0 Å². The van der Waals surface area contributed by atoms with Crippen molar-refractivity contribution in [1.82, 2.24) is 10.2 Å². The number of aryl methyl sites for hydroxylation is 2. The summed E-state index contributed by atoms with van der Waals surface area (Å²) in [6.07, 6.45) is 4.33. The molecular weight excluding hydrogens is 256 g/mol. The van der Waals surface area contributed by atoms with Crippen molar-refractivity contribution in [2.75, 3.05) is 26.2 Å². The molecule has 1 aromatic heterocycles. The third kappa shape index (κ3) is 3.57. The predicted octanol–water partition coefficient (Wildman–Crippen LogP) is 2.70. The Kier molecular flexibility index (Phi) is 5.40. The largest absolute Gasteiger partial charge is 0.337 e. The van der Waals surface area contributed by atoms with Crippen molar-refractivity contribution < 1.29 is 4.79 Å². The molecule has 0 aromatic carbocycles. The van der Waals surface area contributed by atoms with E-state index in [1.807, 2.05) is 4.90 Å². The lowest BCUT2D eigenvalue weighted by Gasteiger charge is -2.18. The second-order valence-electron chi connectivity index (χ2n) is 5.06. The van der Waals surface area contributed by atoms with Gasteiger partial charge in [0.25, 0.3) is 5.91 Å². The summed E-state index contributed by atoms with van der Waals surface area (Å²) in [6, 6.07) is 2.12. The Balaban J connectivity index is 2.13. The van der Waals surface area contributed by atoms with E-state index in [2.05, 4.69) is 25.2 Å². The molecule has 3 nitrogen and oxygen atoms in total. The van der Waals surface area contributed by atoms with E-state index in [0.717, 1.165) is 56.7 Å². The molecule has 0 unspecified atom stereocenters. The molecule has 2 rings (SSSR count). The molecule has 1 N–H and O–H groups in total.